The molecule has 0 aromatic heterocycles. The Morgan fingerprint density at radius 3 is 2.86 bits per heavy atom. The zero-order chi connectivity index (χ0) is 10.6. The van der Waals surface area contributed by atoms with E-state index in [1.165, 1.54) is 0 Å². The maximum atomic E-state index is 11.7. The summed E-state index contributed by atoms with van der Waals surface area (Å²) < 4.78 is 0. The van der Waals surface area contributed by atoms with Gasteiger partial charge in [-0.15, -0.1) is 0 Å². The molecule has 3 nitrogen and oxygen atoms in total. The third kappa shape index (κ3) is 3.00. The van der Waals surface area contributed by atoms with Crippen LogP contribution in [-0.4, -0.2) is 19.0 Å². The van der Waals surface area contributed by atoms with Crippen LogP contribution in [0.15, 0.2) is 11.6 Å². The molecule has 1 aliphatic rings. The van der Waals surface area contributed by atoms with Crippen molar-refractivity contribution in [3.05, 3.63) is 11.6 Å². The van der Waals surface area contributed by atoms with Gasteiger partial charge in [-0.2, -0.15) is 0 Å². The smallest absolute Gasteiger partial charge is 0.223 e. The van der Waals surface area contributed by atoms with Gasteiger partial charge in [-0.3, -0.25) is 4.79 Å². The second-order valence-corrected chi connectivity index (χ2v) is 4.30. The quantitative estimate of drug-likeness (QED) is 0.743. The average molecular weight is 217 g/mol. The highest BCUT2D eigenvalue weighted by atomic mass is 35.5. The Morgan fingerprint density at radius 1 is 1.57 bits per heavy atom. The summed E-state index contributed by atoms with van der Waals surface area (Å²) in [5.74, 6) is 0.495. The van der Waals surface area contributed by atoms with E-state index in [0.29, 0.717) is 24.0 Å². The van der Waals surface area contributed by atoms with Gasteiger partial charge in [0.05, 0.1) is 6.54 Å². The summed E-state index contributed by atoms with van der Waals surface area (Å²) in [4.78, 5) is 11.7. The summed E-state index contributed by atoms with van der Waals surface area (Å²) in [5.41, 5.74) is 5.59. The van der Waals surface area contributed by atoms with Crippen LogP contribution in [0.1, 0.15) is 19.3 Å². The molecule has 0 unspecified atom stereocenters. The Hall–Kier alpha value is -0.540. The van der Waals surface area contributed by atoms with Gasteiger partial charge >= 0.3 is 0 Å². The van der Waals surface area contributed by atoms with Crippen LogP contribution in [0.4, 0.5) is 0 Å². The first-order valence-electron chi connectivity index (χ1n) is 4.96. The maximum Gasteiger partial charge on any atom is 0.223 e. The third-order valence-corrected chi connectivity index (χ3v) is 2.89. The molecule has 0 radical (unpaired) electrons. The molecule has 0 spiro atoms. The normalized spacial score (nSPS) is 26.1. The van der Waals surface area contributed by atoms with E-state index in [0.717, 1.165) is 19.3 Å². The molecule has 0 aromatic rings. The van der Waals surface area contributed by atoms with Crippen LogP contribution in [0.25, 0.3) is 0 Å². The number of halogens is 1. The number of nitrogens with one attached hydrogen (secondary N) is 1. The van der Waals surface area contributed by atoms with E-state index in [2.05, 4.69) is 11.9 Å². The first kappa shape index (κ1) is 11.5. The predicted octanol–water partition coefficient (Wildman–Crippen LogP) is 1.23. The van der Waals surface area contributed by atoms with Gasteiger partial charge in [0.2, 0.25) is 5.91 Å². The molecule has 1 rings (SSSR count). The summed E-state index contributed by atoms with van der Waals surface area (Å²) in [6.45, 7) is 4.47. The molecule has 0 bridgehead atoms. The Kier molecular flexibility index (Phi) is 4.42. The van der Waals surface area contributed by atoms with Gasteiger partial charge in [0.1, 0.15) is 0 Å². The van der Waals surface area contributed by atoms with E-state index < -0.39 is 0 Å². The molecule has 2 atom stereocenters. The van der Waals surface area contributed by atoms with Crippen molar-refractivity contribution >= 4 is 17.5 Å². The Morgan fingerprint density at radius 2 is 2.29 bits per heavy atom. The van der Waals surface area contributed by atoms with E-state index in [4.69, 9.17) is 17.3 Å². The van der Waals surface area contributed by atoms with Crippen molar-refractivity contribution in [2.45, 2.75) is 19.3 Å². The Bertz CT molecular complexity index is 230. The lowest BCUT2D eigenvalue weighted by molar-refractivity contribution is -0.125. The average Bonchev–Trinajstić information content (AvgIpc) is 2.61. The van der Waals surface area contributed by atoms with E-state index >= 15 is 0 Å². The highest BCUT2D eigenvalue weighted by Gasteiger charge is 2.31. The summed E-state index contributed by atoms with van der Waals surface area (Å²) in [6.07, 6.45) is 3.11. The number of hydrogen-bond donors (Lipinski definition) is 2. The molecule has 1 amide bonds. The Balaban J connectivity index is 2.39. The molecule has 4 heteroatoms. The van der Waals surface area contributed by atoms with Gasteiger partial charge in [0.15, 0.2) is 0 Å². The SMILES string of the molecule is C=C(Cl)CNC(=O)[C@@H]1CCC[C@@H]1CN. The molecule has 0 aromatic carbocycles. The highest BCUT2D eigenvalue weighted by molar-refractivity contribution is 6.29. The minimum atomic E-state index is 0.0692. The second kappa shape index (κ2) is 5.37. The van der Waals surface area contributed by atoms with Gasteiger partial charge in [-0.05, 0) is 25.3 Å². The van der Waals surface area contributed by atoms with Crippen molar-refractivity contribution < 1.29 is 4.79 Å². The molecule has 0 aliphatic heterocycles. The van der Waals surface area contributed by atoms with Gasteiger partial charge < -0.3 is 11.1 Å². The fraction of sp³-hybridized carbons (Fsp3) is 0.700. The molecule has 1 fully saturated rings. The molecule has 1 saturated carbocycles. The predicted molar refractivity (Wildman–Crippen MR) is 57.9 cm³/mol. The van der Waals surface area contributed by atoms with E-state index in [-0.39, 0.29) is 11.8 Å². The minimum Gasteiger partial charge on any atom is -0.351 e. The Labute approximate surface area is 89.7 Å². The lowest BCUT2D eigenvalue weighted by Crippen LogP contribution is -2.35. The fourth-order valence-electron chi connectivity index (χ4n) is 1.98. The van der Waals surface area contributed by atoms with Crippen molar-refractivity contribution in [2.24, 2.45) is 17.6 Å². The maximum absolute atomic E-state index is 11.7. The molecule has 0 saturated heterocycles. The molecular weight excluding hydrogens is 200 g/mol. The molecule has 0 heterocycles. The number of amides is 1. The molecular formula is C10H17ClN2O. The lowest BCUT2D eigenvalue weighted by Gasteiger charge is -2.16. The van der Waals surface area contributed by atoms with E-state index in [9.17, 15) is 4.79 Å². The summed E-state index contributed by atoms with van der Waals surface area (Å²) >= 11 is 5.56. The summed E-state index contributed by atoms with van der Waals surface area (Å²) in [6, 6.07) is 0. The van der Waals surface area contributed by atoms with Crippen molar-refractivity contribution in [2.75, 3.05) is 13.1 Å². The largest absolute Gasteiger partial charge is 0.351 e. The number of nitrogens with two attached hydrogens (primary N) is 1. The lowest BCUT2D eigenvalue weighted by atomic mass is 9.95. The molecule has 80 valence electrons. The van der Waals surface area contributed by atoms with Crippen LogP contribution >= 0.6 is 11.6 Å². The van der Waals surface area contributed by atoms with Gasteiger partial charge in [0.25, 0.3) is 0 Å². The van der Waals surface area contributed by atoms with Crippen molar-refractivity contribution in [3.8, 4) is 0 Å². The van der Waals surface area contributed by atoms with Crippen LogP contribution < -0.4 is 11.1 Å². The summed E-state index contributed by atoms with van der Waals surface area (Å²) in [5, 5.41) is 3.22. The fourth-order valence-corrected chi connectivity index (χ4v) is 2.05. The number of hydrogen-bond acceptors (Lipinski definition) is 2. The highest BCUT2D eigenvalue weighted by Crippen LogP contribution is 2.30. The second-order valence-electron chi connectivity index (χ2n) is 3.77. The third-order valence-electron chi connectivity index (χ3n) is 2.75. The topological polar surface area (TPSA) is 55.1 Å². The monoisotopic (exact) mass is 216 g/mol. The molecule has 14 heavy (non-hydrogen) atoms. The van der Waals surface area contributed by atoms with Crippen LogP contribution in [0.3, 0.4) is 0 Å². The number of carbonyl (C=O) groups excluding carboxylic acids is 1. The van der Waals surface area contributed by atoms with Crippen LogP contribution in [0.5, 0.6) is 0 Å². The van der Waals surface area contributed by atoms with E-state index in [1.807, 2.05) is 0 Å². The van der Waals surface area contributed by atoms with Crippen LogP contribution in [0, 0.1) is 11.8 Å². The first-order chi connectivity index (χ1) is 6.65. The summed E-state index contributed by atoms with van der Waals surface area (Å²) in [7, 11) is 0. The van der Waals surface area contributed by atoms with E-state index in [1.54, 1.807) is 0 Å². The zero-order valence-electron chi connectivity index (χ0n) is 8.26. The zero-order valence-corrected chi connectivity index (χ0v) is 9.02. The molecule has 1 aliphatic carbocycles. The number of rotatable bonds is 4. The van der Waals surface area contributed by atoms with Crippen LogP contribution in [0.2, 0.25) is 0 Å². The minimum absolute atomic E-state index is 0.0692. The van der Waals surface area contributed by atoms with Crippen molar-refractivity contribution in [3.63, 3.8) is 0 Å². The van der Waals surface area contributed by atoms with Crippen molar-refractivity contribution in [1.82, 2.24) is 5.32 Å². The first-order valence-corrected chi connectivity index (χ1v) is 5.34. The van der Waals surface area contributed by atoms with Gasteiger partial charge in [0, 0.05) is 11.0 Å². The molecule has 3 N–H and O–H groups in total. The van der Waals surface area contributed by atoms with Gasteiger partial charge in [-0.25, -0.2) is 0 Å². The van der Waals surface area contributed by atoms with Gasteiger partial charge in [-0.1, -0.05) is 24.6 Å². The van der Waals surface area contributed by atoms with Crippen molar-refractivity contribution in [1.29, 1.82) is 0 Å². The standard InChI is InChI=1S/C10H17ClN2O/c1-7(11)6-13-10(14)9-4-2-3-8(9)5-12/h8-9H,1-6,12H2,(H,13,14)/t8-,9-/m1/s1. The van der Waals surface area contributed by atoms with Crippen LogP contribution in [-0.2, 0) is 4.79 Å². The number of carbonyl (C=O) groups is 1.